The van der Waals surface area contributed by atoms with Crippen molar-refractivity contribution in [1.82, 2.24) is 0 Å². The van der Waals surface area contributed by atoms with Gasteiger partial charge in [0.05, 0.1) is 34.4 Å². The molecule has 0 aliphatic carbocycles. The SMILES string of the molecule is CCCCCCCCCCCCCCOCC(COP(=O)(O)OCC[N+](C)(C)C)OC(=O)CCCCCCCCC. The van der Waals surface area contributed by atoms with Crippen molar-refractivity contribution in [2.45, 2.75) is 148 Å². The summed E-state index contributed by atoms with van der Waals surface area (Å²) in [5.41, 5.74) is 0. The van der Waals surface area contributed by atoms with Crippen LogP contribution in [0.15, 0.2) is 0 Å². The van der Waals surface area contributed by atoms with Gasteiger partial charge in [-0.2, -0.15) is 0 Å². The highest BCUT2D eigenvalue weighted by atomic mass is 31.2. The third-order valence-electron chi connectivity index (χ3n) is 7.17. The second-order valence-electron chi connectivity index (χ2n) is 12.6. The van der Waals surface area contributed by atoms with Crippen molar-refractivity contribution in [1.29, 1.82) is 0 Å². The highest BCUT2D eigenvalue weighted by Crippen LogP contribution is 2.43. The molecule has 8 nitrogen and oxygen atoms in total. The normalized spacial score (nSPS) is 14.2. The number of unbranched alkanes of at least 4 members (excludes halogenated alkanes) is 17. The second-order valence-corrected chi connectivity index (χ2v) is 14.0. The van der Waals surface area contributed by atoms with Crippen molar-refractivity contribution >= 4 is 13.8 Å². The van der Waals surface area contributed by atoms with Crippen LogP contribution in [0.1, 0.15) is 142 Å². The Hall–Kier alpha value is -0.500. The molecule has 0 aromatic carbocycles. The fourth-order valence-corrected chi connectivity index (χ4v) is 5.23. The average Bonchev–Trinajstić information content (AvgIpc) is 2.90. The van der Waals surface area contributed by atoms with Gasteiger partial charge < -0.3 is 18.9 Å². The lowest BCUT2D eigenvalue weighted by Crippen LogP contribution is -2.37. The number of esters is 1. The standard InChI is InChI=1S/C32H66NO7P/c1-6-8-10-12-14-15-16-17-18-20-22-24-27-37-29-31(30-39-41(35,36)38-28-26-33(3,4)5)40-32(34)25-23-21-19-13-11-9-7-2/h31H,6-30H2,1-5H3/p+1. The van der Waals surface area contributed by atoms with Gasteiger partial charge in [0, 0.05) is 13.0 Å². The number of carbonyl (C=O) groups excluding carboxylic acids is 1. The Morgan fingerprint density at radius 1 is 0.659 bits per heavy atom. The highest BCUT2D eigenvalue weighted by Gasteiger charge is 2.26. The molecule has 2 unspecified atom stereocenters. The van der Waals surface area contributed by atoms with Crippen molar-refractivity contribution in [2.75, 3.05) is 54.1 Å². The van der Waals surface area contributed by atoms with Crippen LogP contribution >= 0.6 is 7.82 Å². The zero-order valence-corrected chi connectivity index (χ0v) is 28.4. The van der Waals surface area contributed by atoms with E-state index < -0.39 is 13.9 Å². The molecule has 0 radical (unpaired) electrons. The Morgan fingerprint density at radius 2 is 1.12 bits per heavy atom. The molecule has 0 saturated carbocycles. The third-order valence-corrected chi connectivity index (χ3v) is 8.15. The molecule has 0 saturated heterocycles. The summed E-state index contributed by atoms with van der Waals surface area (Å²) < 4.78 is 34.6. The Kier molecular flexibility index (Phi) is 26.7. The average molecular weight is 609 g/mol. The van der Waals surface area contributed by atoms with Crippen LogP contribution in [0.2, 0.25) is 0 Å². The fourth-order valence-electron chi connectivity index (χ4n) is 4.49. The van der Waals surface area contributed by atoms with Gasteiger partial charge in [-0.1, -0.05) is 123 Å². The number of likely N-dealkylation sites (N-methyl/N-ethyl adjacent to an activating group) is 1. The van der Waals surface area contributed by atoms with Gasteiger partial charge in [-0.05, 0) is 12.8 Å². The minimum absolute atomic E-state index is 0.0927. The Bertz CT molecular complexity index is 642. The molecule has 0 rings (SSSR count). The summed E-state index contributed by atoms with van der Waals surface area (Å²) in [6, 6.07) is 0. The summed E-state index contributed by atoms with van der Waals surface area (Å²) in [5.74, 6) is -0.320. The molecule has 1 N–H and O–H groups in total. The third kappa shape index (κ3) is 30.8. The molecule has 9 heteroatoms. The van der Waals surface area contributed by atoms with Crippen LogP contribution in [0.25, 0.3) is 0 Å². The second kappa shape index (κ2) is 27.1. The topological polar surface area (TPSA) is 91.3 Å². The maximum absolute atomic E-state index is 12.4. The van der Waals surface area contributed by atoms with E-state index in [0.717, 1.165) is 32.1 Å². The highest BCUT2D eigenvalue weighted by molar-refractivity contribution is 7.47. The van der Waals surface area contributed by atoms with Crippen molar-refractivity contribution in [3.8, 4) is 0 Å². The zero-order chi connectivity index (χ0) is 30.7. The molecular weight excluding hydrogens is 541 g/mol. The molecule has 41 heavy (non-hydrogen) atoms. The molecule has 246 valence electrons. The van der Waals surface area contributed by atoms with Crippen LogP contribution in [-0.4, -0.2) is 75.6 Å². The van der Waals surface area contributed by atoms with Gasteiger partial charge in [0.15, 0.2) is 0 Å². The molecule has 0 aliphatic heterocycles. The maximum atomic E-state index is 12.4. The van der Waals surface area contributed by atoms with Gasteiger partial charge >= 0.3 is 13.8 Å². The van der Waals surface area contributed by atoms with Crippen molar-refractivity contribution < 1.29 is 37.3 Å². The number of phosphoric acid groups is 1. The van der Waals surface area contributed by atoms with Crippen LogP contribution in [0.5, 0.6) is 0 Å². The van der Waals surface area contributed by atoms with Gasteiger partial charge in [0.25, 0.3) is 0 Å². The maximum Gasteiger partial charge on any atom is 0.472 e. The first-order valence-electron chi connectivity index (χ1n) is 16.8. The van der Waals surface area contributed by atoms with E-state index in [1.165, 1.54) is 89.9 Å². The van der Waals surface area contributed by atoms with Crippen LogP contribution in [0.3, 0.4) is 0 Å². The summed E-state index contributed by atoms with van der Waals surface area (Å²) in [5, 5.41) is 0. The monoisotopic (exact) mass is 608 g/mol. The van der Waals surface area contributed by atoms with Crippen molar-refractivity contribution in [2.24, 2.45) is 0 Å². The van der Waals surface area contributed by atoms with Gasteiger partial charge in [-0.25, -0.2) is 4.57 Å². The number of quaternary nitrogens is 1. The number of hydrogen-bond acceptors (Lipinski definition) is 6. The molecule has 2 atom stereocenters. The van der Waals surface area contributed by atoms with E-state index in [2.05, 4.69) is 13.8 Å². The smallest absolute Gasteiger partial charge is 0.457 e. The molecule has 0 spiro atoms. The Labute approximate surface area is 253 Å². The van der Waals surface area contributed by atoms with Gasteiger partial charge in [0.1, 0.15) is 19.3 Å². The minimum atomic E-state index is -4.25. The Balaban J connectivity index is 4.29. The first-order chi connectivity index (χ1) is 19.6. The van der Waals surface area contributed by atoms with Crippen LogP contribution in [0.4, 0.5) is 0 Å². The van der Waals surface area contributed by atoms with Crippen molar-refractivity contribution in [3.05, 3.63) is 0 Å². The number of nitrogens with zero attached hydrogens (tertiary/aromatic N) is 1. The van der Waals surface area contributed by atoms with Gasteiger partial charge in [0.2, 0.25) is 0 Å². The molecule has 0 bridgehead atoms. The van der Waals surface area contributed by atoms with E-state index >= 15 is 0 Å². The Morgan fingerprint density at radius 3 is 1.61 bits per heavy atom. The lowest BCUT2D eigenvalue weighted by Gasteiger charge is -2.24. The van der Waals surface area contributed by atoms with Crippen molar-refractivity contribution in [3.63, 3.8) is 0 Å². The number of ether oxygens (including phenoxy) is 2. The number of hydrogen-bond donors (Lipinski definition) is 1. The first-order valence-corrected chi connectivity index (χ1v) is 18.3. The number of carbonyl (C=O) groups is 1. The molecule has 0 aliphatic rings. The summed E-state index contributed by atoms with van der Waals surface area (Å²) in [6.07, 6.45) is 22.8. The first kappa shape index (κ1) is 40.5. The van der Waals surface area contributed by atoms with Crippen LogP contribution in [0, 0.1) is 0 Å². The van der Waals surface area contributed by atoms with Crippen LogP contribution in [-0.2, 0) is 27.9 Å². The molecular formula is C32H67NO7P+. The van der Waals surface area contributed by atoms with E-state index in [4.69, 9.17) is 18.5 Å². The van der Waals surface area contributed by atoms with E-state index in [9.17, 15) is 14.3 Å². The summed E-state index contributed by atoms with van der Waals surface area (Å²) in [6.45, 7) is 5.58. The van der Waals surface area contributed by atoms with E-state index in [1.807, 2.05) is 21.1 Å². The fraction of sp³-hybridized carbons (Fsp3) is 0.969. The van der Waals surface area contributed by atoms with Gasteiger partial charge in [-0.15, -0.1) is 0 Å². The molecule has 0 heterocycles. The summed E-state index contributed by atoms with van der Waals surface area (Å²) >= 11 is 0. The predicted octanol–water partition coefficient (Wildman–Crippen LogP) is 8.60. The number of rotatable bonds is 31. The molecule has 0 fully saturated rings. The quantitative estimate of drug-likeness (QED) is 0.0365. The van der Waals surface area contributed by atoms with Crippen LogP contribution < -0.4 is 0 Å². The summed E-state index contributed by atoms with van der Waals surface area (Å²) in [7, 11) is 1.67. The lowest BCUT2D eigenvalue weighted by molar-refractivity contribution is -0.870. The van der Waals surface area contributed by atoms with Gasteiger partial charge in [-0.3, -0.25) is 13.8 Å². The largest absolute Gasteiger partial charge is 0.472 e. The van der Waals surface area contributed by atoms with E-state index in [-0.39, 0.29) is 25.8 Å². The molecule has 0 amide bonds. The lowest BCUT2D eigenvalue weighted by atomic mass is 10.1. The van der Waals surface area contributed by atoms with E-state index in [0.29, 0.717) is 24.1 Å². The predicted molar refractivity (Wildman–Crippen MR) is 169 cm³/mol. The number of phosphoric ester groups is 1. The zero-order valence-electron chi connectivity index (χ0n) is 27.5. The van der Waals surface area contributed by atoms with E-state index in [1.54, 1.807) is 0 Å². The summed E-state index contributed by atoms with van der Waals surface area (Å²) in [4.78, 5) is 22.5. The minimum Gasteiger partial charge on any atom is -0.457 e. The molecule has 0 aromatic heterocycles. The molecule has 0 aromatic rings.